The molecule has 1 aliphatic carbocycles. The average molecular weight is 255 g/mol. The Morgan fingerprint density at radius 1 is 1.35 bits per heavy atom. The molecule has 0 aromatic carbocycles. The maximum atomic E-state index is 5.96. The van der Waals surface area contributed by atoms with Gasteiger partial charge in [0, 0.05) is 12.5 Å². The van der Waals surface area contributed by atoms with Crippen LogP contribution in [0.4, 0.5) is 0 Å². The number of aromatic nitrogens is 2. The average Bonchev–Trinajstić information content (AvgIpc) is 2.31. The second-order valence-corrected chi connectivity index (χ2v) is 5.10. The van der Waals surface area contributed by atoms with Crippen molar-refractivity contribution in [2.45, 2.75) is 52.1 Å². The van der Waals surface area contributed by atoms with Crippen LogP contribution in [-0.4, -0.2) is 16.1 Å². The molecule has 0 aliphatic heterocycles. The van der Waals surface area contributed by atoms with Gasteiger partial charge in [-0.3, -0.25) is 0 Å². The first-order valence-corrected chi connectivity index (χ1v) is 6.77. The molecule has 1 aromatic rings. The van der Waals surface area contributed by atoms with Crippen LogP contribution in [0.25, 0.3) is 0 Å². The lowest BCUT2D eigenvalue weighted by Gasteiger charge is -2.28. The van der Waals surface area contributed by atoms with Crippen LogP contribution >= 0.6 is 11.6 Å². The minimum atomic E-state index is 0.277. The summed E-state index contributed by atoms with van der Waals surface area (Å²) in [5.41, 5.74) is 0. The number of hydrogen-bond donors (Lipinski definition) is 0. The van der Waals surface area contributed by atoms with E-state index in [1.165, 1.54) is 19.3 Å². The lowest BCUT2D eigenvalue weighted by Crippen LogP contribution is -2.28. The Morgan fingerprint density at radius 3 is 2.82 bits per heavy atom. The molecule has 17 heavy (non-hydrogen) atoms. The van der Waals surface area contributed by atoms with E-state index >= 15 is 0 Å². The lowest BCUT2D eigenvalue weighted by molar-refractivity contribution is 0.0972. The normalized spacial score (nSPS) is 24.6. The number of nitrogens with zero attached hydrogens (tertiary/aromatic N) is 2. The molecule has 0 bridgehead atoms. The monoisotopic (exact) mass is 254 g/mol. The zero-order chi connectivity index (χ0) is 12.3. The summed E-state index contributed by atoms with van der Waals surface area (Å²) in [6.45, 7) is 4.26. The fraction of sp³-hybridized carbons (Fsp3) is 0.692. The maximum Gasteiger partial charge on any atom is 0.218 e. The molecule has 0 amide bonds. The van der Waals surface area contributed by atoms with E-state index < -0.39 is 0 Å². The molecule has 0 N–H and O–H groups in total. The van der Waals surface area contributed by atoms with Gasteiger partial charge >= 0.3 is 0 Å². The number of halogens is 1. The summed E-state index contributed by atoms with van der Waals surface area (Å²) in [6, 6.07) is 1.71. The van der Waals surface area contributed by atoms with Crippen molar-refractivity contribution in [3.05, 3.63) is 17.0 Å². The Hall–Kier alpha value is -0.830. The summed E-state index contributed by atoms with van der Waals surface area (Å²) in [5.74, 6) is 1.97. The number of rotatable bonds is 3. The van der Waals surface area contributed by atoms with Gasteiger partial charge < -0.3 is 4.74 Å². The van der Waals surface area contributed by atoms with E-state index in [0.717, 1.165) is 18.7 Å². The van der Waals surface area contributed by atoms with Crippen LogP contribution in [0.5, 0.6) is 5.88 Å². The van der Waals surface area contributed by atoms with Crippen molar-refractivity contribution >= 4 is 11.6 Å². The molecule has 2 rings (SSSR count). The van der Waals surface area contributed by atoms with E-state index in [4.69, 9.17) is 16.3 Å². The predicted molar refractivity (Wildman–Crippen MR) is 68.5 cm³/mol. The SMILES string of the molecule is CCc1nc(Cl)cc(OC2CCCCC2C)n1. The van der Waals surface area contributed by atoms with Gasteiger partial charge in [0.05, 0.1) is 0 Å². The van der Waals surface area contributed by atoms with Crippen LogP contribution in [0.1, 0.15) is 45.4 Å². The van der Waals surface area contributed by atoms with Gasteiger partial charge in [-0.05, 0) is 25.2 Å². The smallest absolute Gasteiger partial charge is 0.218 e. The molecule has 0 saturated heterocycles. The molecule has 0 radical (unpaired) electrons. The maximum absolute atomic E-state index is 5.96. The molecule has 94 valence electrons. The zero-order valence-electron chi connectivity index (χ0n) is 10.4. The third kappa shape index (κ3) is 3.32. The minimum Gasteiger partial charge on any atom is -0.474 e. The molecule has 1 fully saturated rings. The summed E-state index contributed by atoms with van der Waals surface area (Å²) in [4.78, 5) is 8.50. The molecule has 1 aromatic heterocycles. The quantitative estimate of drug-likeness (QED) is 0.773. The molecular formula is C13H19ClN2O. The molecule has 2 unspecified atom stereocenters. The molecule has 1 saturated carbocycles. The van der Waals surface area contributed by atoms with Crippen LogP contribution in [-0.2, 0) is 6.42 Å². The highest BCUT2D eigenvalue weighted by atomic mass is 35.5. The second kappa shape index (κ2) is 5.67. The van der Waals surface area contributed by atoms with Crippen LogP contribution in [0.15, 0.2) is 6.07 Å². The van der Waals surface area contributed by atoms with E-state index in [1.807, 2.05) is 6.92 Å². The summed E-state index contributed by atoms with van der Waals surface area (Å²) in [5, 5.41) is 0.468. The van der Waals surface area contributed by atoms with Crippen LogP contribution in [0.3, 0.4) is 0 Å². The fourth-order valence-corrected chi connectivity index (χ4v) is 2.46. The summed E-state index contributed by atoms with van der Waals surface area (Å²) >= 11 is 5.95. The van der Waals surface area contributed by atoms with Gasteiger partial charge in [0.1, 0.15) is 17.1 Å². The Kier molecular flexibility index (Phi) is 4.21. The van der Waals surface area contributed by atoms with E-state index in [1.54, 1.807) is 6.07 Å². The van der Waals surface area contributed by atoms with Crippen molar-refractivity contribution in [2.24, 2.45) is 5.92 Å². The molecule has 1 heterocycles. The van der Waals surface area contributed by atoms with Gasteiger partial charge in [-0.25, -0.2) is 4.98 Å². The number of ether oxygens (including phenoxy) is 1. The van der Waals surface area contributed by atoms with E-state index in [0.29, 0.717) is 17.0 Å². The first kappa shape index (κ1) is 12.6. The van der Waals surface area contributed by atoms with Gasteiger partial charge in [-0.1, -0.05) is 31.9 Å². The van der Waals surface area contributed by atoms with Crippen molar-refractivity contribution < 1.29 is 4.74 Å². The number of hydrogen-bond acceptors (Lipinski definition) is 3. The zero-order valence-corrected chi connectivity index (χ0v) is 11.2. The molecule has 1 aliphatic rings. The largest absolute Gasteiger partial charge is 0.474 e. The van der Waals surface area contributed by atoms with Crippen molar-refractivity contribution in [2.75, 3.05) is 0 Å². The third-order valence-corrected chi connectivity index (χ3v) is 3.53. The van der Waals surface area contributed by atoms with Crippen molar-refractivity contribution in [3.63, 3.8) is 0 Å². The van der Waals surface area contributed by atoms with Crippen LogP contribution in [0.2, 0.25) is 5.15 Å². The van der Waals surface area contributed by atoms with E-state index in [2.05, 4.69) is 16.9 Å². The minimum absolute atomic E-state index is 0.277. The fourth-order valence-electron chi connectivity index (χ4n) is 2.27. The van der Waals surface area contributed by atoms with Crippen molar-refractivity contribution in [1.82, 2.24) is 9.97 Å². The third-order valence-electron chi connectivity index (χ3n) is 3.34. The molecular weight excluding hydrogens is 236 g/mol. The van der Waals surface area contributed by atoms with Gasteiger partial charge in [0.15, 0.2) is 0 Å². The topological polar surface area (TPSA) is 35.0 Å². The van der Waals surface area contributed by atoms with E-state index in [-0.39, 0.29) is 6.10 Å². The standard InChI is InChI=1S/C13H19ClN2O/c1-3-12-15-11(14)8-13(16-12)17-10-7-5-4-6-9(10)2/h8-10H,3-7H2,1-2H3. The van der Waals surface area contributed by atoms with Gasteiger partial charge in [0.25, 0.3) is 0 Å². The first-order chi connectivity index (χ1) is 8.19. The van der Waals surface area contributed by atoms with Crippen molar-refractivity contribution in [1.29, 1.82) is 0 Å². The Bertz CT molecular complexity index is 384. The molecule has 3 nitrogen and oxygen atoms in total. The van der Waals surface area contributed by atoms with E-state index in [9.17, 15) is 0 Å². The van der Waals surface area contributed by atoms with Gasteiger partial charge in [-0.2, -0.15) is 4.98 Å². The van der Waals surface area contributed by atoms with Gasteiger partial charge in [-0.15, -0.1) is 0 Å². The summed E-state index contributed by atoms with van der Waals surface area (Å²) in [7, 11) is 0. The van der Waals surface area contributed by atoms with Crippen LogP contribution < -0.4 is 4.74 Å². The predicted octanol–water partition coefficient (Wildman–Crippen LogP) is 3.65. The Balaban J connectivity index is 2.09. The molecule has 0 spiro atoms. The first-order valence-electron chi connectivity index (χ1n) is 6.39. The Labute approximate surface area is 108 Å². The Morgan fingerprint density at radius 2 is 2.12 bits per heavy atom. The van der Waals surface area contributed by atoms with Crippen molar-refractivity contribution in [3.8, 4) is 5.88 Å². The van der Waals surface area contributed by atoms with Gasteiger partial charge in [0.2, 0.25) is 5.88 Å². The highest BCUT2D eigenvalue weighted by Gasteiger charge is 2.23. The highest BCUT2D eigenvalue weighted by Crippen LogP contribution is 2.28. The second-order valence-electron chi connectivity index (χ2n) is 4.72. The summed E-state index contributed by atoms with van der Waals surface area (Å²) < 4.78 is 5.96. The molecule has 4 heteroatoms. The van der Waals surface area contributed by atoms with Crippen LogP contribution in [0, 0.1) is 5.92 Å². The highest BCUT2D eigenvalue weighted by molar-refractivity contribution is 6.29. The molecule has 2 atom stereocenters. The lowest BCUT2D eigenvalue weighted by atomic mass is 9.88. The summed E-state index contributed by atoms with van der Waals surface area (Å²) in [6.07, 6.45) is 5.96. The number of aryl methyl sites for hydroxylation is 1.